The van der Waals surface area contributed by atoms with Crippen LogP contribution in [0.4, 0.5) is 22.0 Å². The molecule has 4 fully saturated rings. The molecule has 3 N–H and O–H groups in total. The van der Waals surface area contributed by atoms with E-state index < -0.39 is 52.8 Å². The van der Waals surface area contributed by atoms with Crippen LogP contribution in [0.25, 0.3) is 0 Å². The number of allylic oxidation sites excluding steroid dienone is 1. The normalized spacial score (nSPS) is 37.8. The molecule has 1 aromatic rings. The van der Waals surface area contributed by atoms with E-state index in [4.69, 9.17) is 14.9 Å². The predicted octanol–water partition coefficient (Wildman–Crippen LogP) is 6.91. The maximum atomic E-state index is 15.3. The number of alkyl halides is 5. The van der Waals surface area contributed by atoms with E-state index in [0.29, 0.717) is 50.0 Å². The molecule has 240 valence electrons. The fourth-order valence-corrected chi connectivity index (χ4v) is 9.23. The third kappa shape index (κ3) is 4.59. The van der Waals surface area contributed by atoms with E-state index in [-0.39, 0.29) is 30.6 Å². The molecule has 0 radical (unpaired) electrons. The summed E-state index contributed by atoms with van der Waals surface area (Å²) in [4.78, 5) is 0. The average Bonchev–Trinajstić information content (AvgIpc) is 3.24. The predicted molar refractivity (Wildman–Crippen MR) is 153 cm³/mol. The maximum Gasteiger partial charge on any atom is 0.456 e. The van der Waals surface area contributed by atoms with E-state index >= 15 is 8.78 Å². The minimum Gasteiger partial charge on any atom is -0.385 e. The molecule has 0 aromatic heterocycles. The van der Waals surface area contributed by atoms with Crippen LogP contribution < -0.4 is 0 Å². The summed E-state index contributed by atoms with van der Waals surface area (Å²) in [6.45, 7) is 6.48. The minimum atomic E-state index is -5.90. The van der Waals surface area contributed by atoms with Gasteiger partial charge in [-0.25, -0.2) is 0 Å². The Hall–Kier alpha value is -2.32. The van der Waals surface area contributed by atoms with Gasteiger partial charge in [0.2, 0.25) is 0 Å². The Morgan fingerprint density at radius 1 is 0.955 bits per heavy atom. The average molecular weight is 622 g/mol. The molecule has 3 unspecified atom stereocenters. The van der Waals surface area contributed by atoms with Crippen molar-refractivity contribution in [2.75, 3.05) is 13.2 Å². The van der Waals surface area contributed by atoms with Gasteiger partial charge in [-0.2, -0.15) is 22.0 Å². The van der Waals surface area contributed by atoms with E-state index in [1.807, 2.05) is 13.8 Å². The summed E-state index contributed by atoms with van der Waals surface area (Å²) in [5.41, 5.74) is -3.38. The molecule has 1 saturated heterocycles. The van der Waals surface area contributed by atoms with Gasteiger partial charge >= 0.3 is 12.1 Å². The fourth-order valence-electron chi connectivity index (χ4n) is 9.23. The lowest BCUT2D eigenvalue weighted by atomic mass is 9.49. The molecular formula is C34H40F5NO4. The van der Waals surface area contributed by atoms with Gasteiger partial charge in [-0.05, 0) is 73.6 Å². The number of hydrogen-bond acceptors (Lipinski definition) is 5. The van der Waals surface area contributed by atoms with Gasteiger partial charge in [-0.3, -0.25) is 5.41 Å². The number of fused-ring (bicyclic) bond motifs is 4. The molecule has 0 bridgehead atoms. The molecule has 5 nitrogen and oxygen atoms in total. The van der Waals surface area contributed by atoms with E-state index in [0.717, 1.165) is 17.4 Å². The lowest BCUT2D eigenvalue weighted by Gasteiger charge is -2.59. The maximum absolute atomic E-state index is 15.3. The first-order valence-corrected chi connectivity index (χ1v) is 15.4. The van der Waals surface area contributed by atoms with Gasteiger partial charge in [0.15, 0.2) is 5.79 Å². The highest BCUT2D eigenvalue weighted by Crippen LogP contribution is 2.71. The second kappa shape index (κ2) is 10.1. The van der Waals surface area contributed by atoms with Crippen LogP contribution in [0.2, 0.25) is 0 Å². The Labute approximate surface area is 254 Å². The third-order valence-electron chi connectivity index (χ3n) is 11.5. The van der Waals surface area contributed by atoms with E-state index in [2.05, 4.69) is 11.8 Å². The smallest absolute Gasteiger partial charge is 0.385 e. The van der Waals surface area contributed by atoms with Crippen molar-refractivity contribution < 1.29 is 41.6 Å². The van der Waals surface area contributed by atoms with Gasteiger partial charge in [-0.15, -0.1) is 0 Å². The molecule has 4 aliphatic carbocycles. The summed E-state index contributed by atoms with van der Waals surface area (Å²) < 4.78 is 84.6. The molecule has 1 heterocycles. The van der Waals surface area contributed by atoms with Crippen molar-refractivity contribution in [2.24, 2.45) is 22.7 Å². The molecule has 1 aliphatic heterocycles. The number of rotatable bonds is 2. The molecular weight excluding hydrogens is 581 g/mol. The summed E-state index contributed by atoms with van der Waals surface area (Å²) in [5.74, 6) is -2.41. The Balaban J connectivity index is 1.46. The SMILES string of the molecule is CC1(C)COC2(CCC3=C4C(CCC3(O)C2)C2CC[C@@](O)(C(F)(F)C(F)(F)F)[C@@]2(C)C[C@@H]4c2ccc(C#CC=N)cc2)OC1. The molecule has 0 amide bonds. The molecule has 10 heteroatoms. The Morgan fingerprint density at radius 2 is 1.61 bits per heavy atom. The van der Waals surface area contributed by atoms with Crippen LogP contribution >= 0.6 is 0 Å². The van der Waals surface area contributed by atoms with Gasteiger partial charge in [0.05, 0.1) is 25.0 Å². The first-order chi connectivity index (χ1) is 20.4. The number of aliphatic hydroxyl groups is 2. The second-order valence-electron chi connectivity index (χ2n) is 14.7. The van der Waals surface area contributed by atoms with Crippen LogP contribution in [-0.4, -0.2) is 58.7 Å². The van der Waals surface area contributed by atoms with E-state index in [1.165, 1.54) is 6.92 Å². The third-order valence-corrected chi connectivity index (χ3v) is 11.5. The van der Waals surface area contributed by atoms with Crippen LogP contribution in [0.15, 0.2) is 35.4 Å². The lowest BCUT2D eigenvalue weighted by molar-refractivity contribution is -0.362. The molecule has 5 aliphatic rings. The van der Waals surface area contributed by atoms with Crippen molar-refractivity contribution in [1.29, 1.82) is 5.41 Å². The van der Waals surface area contributed by atoms with Crippen molar-refractivity contribution in [3.63, 3.8) is 0 Å². The van der Waals surface area contributed by atoms with Crippen molar-refractivity contribution in [2.45, 2.75) is 107 Å². The fraction of sp³-hybridized carbons (Fsp3) is 0.676. The lowest BCUT2D eigenvalue weighted by Crippen LogP contribution is -2.65. The number of halogens is 5. The van der Waals surface area contributed by atoms with Crippen LogP contribution in [-0.2, 0) is 9.47 Å². The first-order valence-electron chi connectivity index (χ1n) is 15.4. The highest BCUT2D eigenvalue weighted by atomic mass is 19.4. The van der Waals surface area contributed by atoms with Crippen LogP contribution in [0.1, 0.15) is 89.2 Å². The van der Waals surface area contributed by atoms with Gasteiger partial charge in [0.1, 0.15) is 5.60 Å². The number of benzene rings is 1. The van der Waals surface area contributed by atoms with Crippen molar-refractivity contribution in [1.82, 2.24) is 0 Å². The van der Waals surface area contributed by atoms with Crippen LogP contribution in [0.3, 0.4) is 0 Å². The Morgan fingerprint density at radius 3 is 2.23 bits per heavy atom. The van der Waals surface area contributed by atoms with Gasteiger partial charge in [-0.1, -0.05) is 50.3 Å². The molecule has 6 atom stereocenters. The minimum absolute atomic E-state index is 0.0364. The highest BCUT2D eigenvalue weighted by molar-refractivity contribution is 5.76. The summed E-state index contributed by atoms with van der Waals surface area (Å²) in [6.07, 6.45) is -3.80. The molecule has 1 spiro atoms. The quantitative estimate of drug-likeness (QED) is 0.145. The zero-order valence-corrected chi connectivity index (χ0v) is 25.3. The highest BCUT2D eigenvalue weighted by Gasteiger charge is 2.79. The number of ether oxygens (including phenoxy) is 2. The van der Waals surface area contributed by atoms with Crippen molar-refractivity contribution in [3.8, 4) is 11.8 Å². The van der Waals surface area contributed by atoms with Gasteiger partial charge < -0.3 is 19.7 Å². The Kier molecular flexibility index (Phi) is 7.26. The number of nitrogens with one attached hydrogen (secondary N) is 1. The molecule has 1 aromatic carbocycles. The second-order valence-corrected chi connectivity index (χ2v) is 14.7. The monoisotopic (exact) mass is 621 g/mol. The molecule has 44 heavy (non-hydrogen) atoms. The van der Waals surface area contributed by atoms with E-state index in [1.54, 1.807) is 24.3 Å². The topological polar surface area (TPSA) is 82.8 Å². The Bertz CT molecular complexity index is 1420. The summed E-state index contributed by atoms with van der Waals surface area (Å²) in [5, 5.41) is 30.9. The summed E-state index contributed by atoms with van der Waals surface area (Å²) in [7, 11) is 0. The molecule has 6 rings (SSSR count). The number of hydrogen-bond donors (Lipinski definition) is 3. The van der Waals surface area contributed by atoms with Crippen LogP contribution in [0, 0.1) is 39.9 Å². The summed E-state index contributed by atoms with van der Waals surface area (Å²) in [6, 6.07) is 7.05. The largest absolute Gasteiger partial charge is 0.456 e. The standard InChI is InChI=1S/C34H40F5NO4/c1-28(2)19-43-31(44-20-28)14-11-26-27-23(10-13-30(26,41)18-31)25-12-15-32(42,33(35,36)34(37,38)39)29(25,3)17-24(27)22-8-6-21(7-9-22)5-4-16-40/h6-9,16,23-25,40-42H,10-15,17-20H2,1-3H3/t23?,24-,25?,29+,30?,32+/m1/s1. The zero-order chi connectivity index (χ0) is 32.0. The van der Waals surface area contributed by atoms with Gasteiger partial charge in [0, 0.05) is 35.2 Å². The zero-order valence-electron chi connectivity index (χ0n) is 25.3. The van der Waals surface area contributed by atoms with Crippen LogP contribution in [0.5, 0.6) is 0 Å². The first kappa shape index (κ1) is 31.7. The van der Waals surface area contributed by atoms with Crippen molar-refractivity contribution in [3.05, 3.63) is 46.5 Å². The van der Waals surface area contributed by atoms with Gasteiger partial charge in [0.25, 0.3) is 0 Å². The van der Waals surface area contributed by atoms with Crippen molar-refractivity contribution >= 4 is 6.21 Å². The summed E-state index contributed by atoms with van der Waals surface area (Å²) >= 11 is 0. The van der Waals surface area contributed by atoms with E-state index in [9.17, 15) is 23.4 Å². The molecule has 3 saturated carbocycles.